The average molecular weight is 303 g/mol. The van der Waals surface area contributed by atoms with Crippen molar-refractivity contribution < 1.29 is 8.42 Å². The van der Waals surface area contributed by atoms with Crippen molar-refractivity contribution in [3.63, 3.8) is 0 Å². The molecule has 0 unspecified atom stereocenters. The summed E-state index contributed by atoms with van der Waals surface area (Å²) in [6.45, 7) is 0.230. The molecule has 2 aromatic heterocycles. The lowest BCUT2D eigenvalue weighted by molar-refractivity contribution is 0.581. The number of sulfonamides is 1. The summed E-state index contributed by atoms with van der Waals surface area (Å²) in [6, 6.07) is 12.0. The van der Waals surface area contributed by atoms with Crippen LogP contribution in [0, 0.1) is 0 Å². The number of hydrogen-bond acceptors (Lipinski definition) is 3. The molecular weight excluding hydrogens is 286 g/mol. The van der Waals surface area contributed by atoms with Crippen LogP contribution in [0.1, 0.15) is 13.0 Å². The summed E-state index contributed by atoms with van der Waals surface area (Å²) in [7, 11) is -3.49. The molecule has 0 aliphatic heterocycles. The van der Waals surface area contributed by atoms with Crippen molar-refractivity contribution in [3.8, 4) is 0 Å². The average Bonchev–Trinajstić information content (AvgIpc) is 2.95. The highest BCUT2D eigenvalue weighted by molar-refractivity contribution is 7.89. The zero-order valence-electron chi connectivity index (χ0n) is 10.6. The fourth-order valence-electron chi connectivity index (χ4n) is 2.03. The number of nitrogens with one attached hydrogen (secondary N) is 2. The van der Waals surface area contributed by atoms with Crippen molar-refractivity contribution in [2.75, 3.05) is 0 Å². The zero-order chi connectivity index (χ0) is 14.0. The van der Waals surface area contributed by atoms with E-state index in [1.54, 1.807) is 42.7 Å². The molecule has 0 atom stereocenters. The molecule has 110 valence electrons. The van der Waals surface area contributed by atoms with Crippen LogP contribution in [-0.4, -0.2) is 18.4 Å². The van der Waals surface area contributed by atoms with Gasteiger partial charge in [0.15, 0.2) is 0 Å². The molecule has 6 heteroatoms. The quantitative estimate of drug-likeness (QED) is 0.778. The molecule has 0 aliphatic carbocycles. The summed E-state index contributed by atoms with van der Waals surface area (Å²) in [5.41, 5.74) is 1.64. The Morgan fingerprint density at radius 2 is 1.86 bits per heavy atom. The van der Waals surface area contributed by atoms with E-state index in [2.05, 4.69) is 14.7 Å². The van der Waals surface area contributed by atoms with Crippen LogP contribution < -0.4 is 4.72 Å². The van der Waals surface area contributed by atoms with E-state index in [-0.39, 0.29) is 18.9 Å². The first kappa shape index (κ1) is 15.2. The van der Waals surface area contributed by atoms with E-state index in [4.69, 9.17) is 0 Å². The summed E-state index contributed by atoms with van der Waals surface area (Å²) in [6.07, 6.45) is 3.44. The third kappa shape index (κ3) is 3.12. The highest BCUT2D eigenvalue weighted by atomic mass is 32.2. The molecule has 0 spiro atoms. The van der Waals surface area contributed by atoms with Gasteiger partial charge in [0.25, 0.3) is 0 Å². The third-order valence-corrected chi connectivity index (χ3v) is 4.47. The maximum atomic E-state index is 12.1. The van der Waals surface area contributed by atoms with Gasteiger partial charge in [-0.05, 0) is 29.8 Å². The van der Waals surface area contributed by atoms with Gasteiger partial charge < -0.3 is 4.98 Å². The topological polar surface area (TPSA) is 74.8 Å². The Labute approximate surface area is 124 Å². The highest BCUT2D eigenvalue weighted by Crippen LogP contribution is 2.16. The van der Waals surface area contributed by atoms with Gasteiger partial charge in [-0.25, -0.2) is 18.1 Å². The summed E-state index contributed by atoms with van der Waals surface area (Å²) in [4.78, 5) is 7.44. The molecular formula is C15H17N3O2S. The van der Waals surface area contributed by atoms with E-state index < -0.39 is 10.0 Å². The Balaban J connectivity index is 0.00000161. The van der Waals surface area contributed by atoms with Gasteiger partial charge in [-0.2, -0.15) is 0 Å². The molecule has 21 heavy (non-hydrogen) atoms. The van der Waals surface area contributed by atoms with Crippen molar-refractivity contribution in [3.05, 3.63) is 60.4 Å². The van der Waals surface area contributed by atoms with Crippen molar-refractivity contribution in [2.45, 2.75) is 18.9 Å². The number of hydrogen-bond donors (Lipinski definition) is 2. The van der Waals surface area contributed by atoms with Gasteiger partial charge in [0.05, 0.1) is 4.90 Å². The molecule has 0 bridgehead atoms. The van der Waals surface area contributed by atoms with Gasteiger partial charge >= 0.3 is 0 Å². The number of rotatable bonds is 4. The van der Waals surface area contributed by atoms with E-state index in [9.17, 15) is 8.42 Å². The van der Waals surface area contributed by atoms with E-state index in [1.807, 2.05) is 12.1 Å². The normalized spacial score (nSPS) is 11.2. The van der Waals surface area contributed by atoms with Crippen molar-refractivity contribution in [1.82, 2.24) is 14.7 Å². The number of fused-ring (bicyclic) bond motifs is 1. The highest BCUT2D eigenvalue weighted by Gasteiger charge is 2.13. The maximum Gasteiger partial charge on any atom is 0.240 e. The number of benzene rings is 1. The van der Waals surface area contributed by atoms with Gasteiger partial charge in [0, 0.05) is 24.3 Å². The van der Waals surface area contributed by atoms with E-state index in [0.29, 0.717) is 0 Å². The molecule has 0 saturated carbocycles. The molecule has 2 N–H and O–H groups in total. The number of pyridine rings is 1. The number of aromatic nitrogens is 2. The lowest BCUT2D eigenvalue weighted by Crippen LogP contribution is -2.23. The van der Waals surface area contributed by atoms with E-state index >= 15 is 0 Å². The van der Waals surface area contributed by atoms with Gasteiger partial charge in [0.2, 0.25) is 10.0 Å². The number of H-pyrrole nitrogens is 1. The third-order valence-electron chi connectivity index (χ3n) is 3.06. The van der Waals surface area contributed by atoms with Gasteiger partial charge in [-0.1, -0.05) is 25.6 Å². The SMILES string of the molecule is C.O=S(=O)(NCc1ccnc2[nH]ccc12)c1ccccc1. The minimum absolute atomic E-state index is 0. The van der Waals surface area contributed by atoms with Gasteiger partial charge in [-0.3, -0.25) is 0 Å². The van der Waals surface area contributed by atoms with Crippen LogP contribution >= 0.6 is 0 Å². The van der Waals surface area contributed by atoms with Crippen LogP contribution in [0.3, 0.4) is 0 Å². The lowest BCUT2D eigenvalue weighted by Gasteiger charge is -2.07. The predicted molar refractivity (Wildman–Crippen MR) is 83.3 cm³/mol. The first-order chi connectivity index (χ1) is 9.67. The second kappa shape index (κ2) is 6.07. The summed E-state index contributed by atoms with van der Waals surface area (Å²) in [5.74, 6) is 0. The van der Waals surface area contributed by atoms with Crippen molar-refractivity contribution in [1.29, 1.82) is 0 Å². The molecule has 5 nitrogen and oxygen atoms in total. The Bertz CT molecular complexity index is 826. The van der Waals surface area contributed by atoms with Crippen LogP contribution in [0.5, 0.6) is 0 Å². The first-order valence-electron chi connectivity index (χ1n) is 6.12. The number of aromatic amines is 1. The smallest absolute Gasteiger partial charge is 0.240 e. The Morgan fingerprint density at radius 1 is 1.10 bits per heavy atom. The molecule has 3 aromatic rings. The fourth-order valence-corrected chi connectivity index (χ4v) is 3.06. The second-order valence-corrected chi connectivity index (χ2v) is 6.11. The minimum Gasteiger partial charge on any atom is -0.346 e. The summed E-state index contributed by atoms with van der Waals surface area (Å²) < 4.78 is 26.9. The molecule has 2 heterocycles. The Kier molecular flexibility index (Phi) is 4.40. The zero-order valence-corrected chi connectivity index (χ0v) is 11.4. The fraction of sp³-hybridized carbons (Fsp3) is 0.133. The monoisotopic (exact) mass is 303 g/mol. The molecule has 1 aromatic carbocycles. The molecule has 0 amide bonds. The second-order valence-electron chi connectivity index (χ2n) is 4.35. The Hall–Kier alpha value is -2.18. The van der Waals surface area contributed by atoms with Crippen molar-refractivity contribution >= 4 is 21.1 Å². The largest absolute Gasteiger partial charge is 0.346 e. The number of nitrogens with zero attached hydrogens (tertiary/aromatic N) is 1. The van der Waals surface area contributed by atoms with Crippen LogP contribution in [0.25, 0.3) is 11.0 Å². The predicted octanol–water partition coefficient (Wildman–Crippen LogP) is 2.68. The Morgan fingerprint density at radius 3 is 2.62 bits per heavy atom. The van der Waals surface area contributed by atoms with Gasteiger partial charge in [-0.15, -0.1) is 0 Å². The summed E-state index contributed by atoms with van der Waals surface area (Å²) in [5, 5.41) is 0.920. The standard InChI is InChI=1S/C14H13N3O2S.CH4/c18-20(19,12-4-2-1-3-5-12)17-10-11-6-8-15-14-13(11)7-9-16-14;/h1-9,17H,10H2,(H,15,16);1H4. The van der Waals surface area contributed by atoms with Crippen LogP contribution in [-0.2, 0) is 16.6 Å². The molecule has 3 rings (SSSR count). The molecule has 0 fully saturated rings. The molecule has 0 radical (unpaired) electrons. The van der Waals surface area contributed by atoms with Gasteiger partial charge in [0.1, 0.15) is 5.65 Å². The van der Waals surface area contributed by atoms with E-state index in [0.717, 1.165) is 16.6 Å². The van der Waals surface area contributed by atoms with E-state index in [1.165, 1.54) is 0 Å². The van der Waals surface area contributed by atoms with Crippen LogP contribution in [0.2, 0.25) is 0 Å². The molecule has 0 aliphatic rings. The van der Waals surface area contributed by atoms with Crippen molar-refractivity contribution in [2.24, 2.45) is 0 Å². The lowest BCUT2D eigenvalue weighted by atomic mass is 10.2. The summed E-state index contributed by atoms with van der Waals surface area (Å²) >= 11 is 0. The van der Waals surface area contributed by atoms with Crippen LogP contribution in [0.4, 0.5) is 0 Å². The maximum absolute atomic E-state index is 12.1. The molecule has 0 saturated heterocycles. The first-order valence-corrected chi connectivity index (χ1v) is 7.61. The minimum atomic E-state index is -3.49. The van der Waals surface area contributed by atoms with Crippen LogP contribution in [0.15, 0.2) is 59.8 Å².